The highest BCUT2D eigenvalue weighted by molar-refractivity contribution is 6.30. The molecule has 1 aromatic carbocycles. The Morgan fingerprint density at radius 2 is 1.81 bits per heavy atom. The van der Waals surface area contributed by atoms with Crippen LogP contribution < -0.4 is 11.2 Å². The van der Waals surface area contributed by atoms with Gasteiger partial charge in [0, 0.05) is 32.5 Å². The predicted molar refractivity (Wildman–Crippen MR) is 96.5 cm³/mol. The van der Waals surface area contributed by atoms with E-state index in [0.717, 1.165) is 14.7 Å². The first-order chi connectivity index (χ1) is 12.2. The maximum Gasteiger partial charge on any atom is 0.333 e. The summed E-state index contributed by atoms with van der Waals surface area (Å²) in [6, 6.07) is 6.53. The third-order valence-electron chi connectivity index (χ3n) is 4.41. The summed E-state index contributed by atoms with van der Waals surface area (Å²) in [5.74, 6) is -0.779. The van der Waals surface area contributed by atoms with Gasteiger partial charge in [-0.25, -0.2) is 9.80 Å². The Kier molecular flexibility index (Phi) is 4.45. The van der Waals surface area contributed by atoms with Crippen molar-refractivity contribution in [3.63, 3.8) is 0 Å². The molecule has 0 unspecified atom stereocenters. The average Bonchev–Trinajstić information content (AvgIpc) is 3.04. The highest BCUT2D eigenvalue weighted by Gasteiger charge is 2.34. The van der Waals surface area contributed by atoms with Gasteiger partial charge in [-0.2, -0.15) is 5.10 Å². The van der Waals surface area contributed by atoms with E-state index in [1.165, 1.54) is 26.0 Å². The van der Waals surface area contributed by atoms with Gasteiger partial charge in [0.1, 0.15) is 5.56 Å². The van der Waals surface area contributed by atoms with Gasteiger partial charge >= 0.3 is 5.69 Å². The molecule has 0 aliphatic carbocycles. The van der Waals surface area contributed by atoms with Gasteiger partial charge in [0.05, 0.1) is 11.8 Å². The molecular formula is C17H17ClN4O4. The molecular weight excluding hydrogens is 360 g/mol. The van der Waals surface area contributed by atoms with Crippen molar-refractivity contribution < 1.29 is 9.90 Å². The molecule has 0 radical (unpaired) electrons. The van der Waals surface area contributed by atoms with Crippen LogP contribution in [0.15, 0.2) is 39.0 Å². The molecule has 0 bridgehead atoms. The van der Waals surface area contributed by atoms with E-state index in [2.05, 4.69) is 5.10 Å². The summed E-state index contributed by atoms with van der Waals surface area (Å²) < 4.78 is 1.86. The maximum atomic E-state index is 12.5. The maximum absolute atomic E-state index is 12.5. The summed E-state index contributed by atoms with van der Waals surface area (Å²) in [6.07, 6.45) is 0.224. The molecule has 0 saturated heterocycles. The topological polar surface area (TPSA) is 96.9 Å². The van der Waals surface area contributed by atoms with E-state index in [-0.39, 0.29) is 23.6 Å². The van der Waals surface area contributed by atoms with Crippen LogP contribution in [0.2, 0.25) is 5.02 Å². The minimum absolute atomic E-state index is 0.0858. The van der Waals surface area contributed by atoms with Gasteiger partial charge in [-0.1, -0.05) is 23.7 Å². The molecule has 136 valence electrons. The van der Waals surface area contributed by atoms with Crippen molar-refractivity contribution in [3.05, 3.63) is 61.3 Å². The summed E-state index contributed by atoms with van der Waals surface area (Å²) >= 11 is 5.91. The number of carbonyl (C=O) groups is 1. The Morgan fingerprint density at radius 3 is 2.38 bits per heavy atom. The zero-order valence-electron chi connectivity index (χ0n) is 14.4. The van der Waals surface area contributed by atoms with Crippen LogP contribution in [0.3, 0.4) is 0 Å². The number of carbonyl (C=O) groups excluding carboxylic acids is 1. The van der Waals surface area contributed by atoms with Crippen molar-refractivity contribution in [2.24, 2.45) is 19.2 Å². The molecule has 1 aliphatic rings. The van der Waals surface area contributed by atoms with Gasteiger partial charge in [-0.05, 0) is 17.7 Å². The van der Waals surface area contributed by atoms with E-state index in [0.29, 0.717) is 5.02 Å². The molecule has 0 spiro atoms. The fraction of sp³-hybridized carbons (Fsp3) is 0.294. The molecule has 0 saturated carbocycles. The predicted octanol–water partition coefficient (Wildman–Crippen LogP) is 1.14. The minimum atomic E-state index is -0.662. The Hall–Kier alpha value is -2.87. The highest BCUT2D eigenvalue weighted by Crippen LogP contribution is 2.33. The Morgan fingerprint density at radius 1 is 1.19 bits per heavy atom. The average molecular weight is 377 g/mol. The van der Waals surface area contributed by atoms with E-state index in [1.807, 2.05) is 0 Å². The van der Waals surface area contributed by atoms with Gasteiger partial charge in [-0.3, -0.25) is 18.7 Å². The molecule has 3 rings (SSSR count). The number of nitrogens with zero attached hydrogens (tertiary/aromatic N) is 4. The first kappa shape index (κ1) is 17.9. The molecule has 2 aromatic rings. The highest BCUT2D eigenvalue weighted by atomic mass is 35.5. The van der Waals surface area contributed by atoms with Crippen molar-refractivity contribution in [3.8, 4) is 5.88 Å². The lowest BCUT2D eigenvalue weighted by Crippen LogP contribution is -2.39. The SMILES string of the molecule is CC(=O)N1N=C(c2c(O)n(C)c(=O)n(C)c2=O)C[C@@H]1c1ccc(Cl)cc1. The van der Waals surface area contributed by atoms with E-state index in [4.69, 9.17) is 11.6 Å². The Labute approximate surface area is 153 Å². The summed E-state index contributed by atoms with van der Waals surface area (Å²) in [7, 11) is 2.68. The van der Waals surface area contributed by atoms with Crippen LogP contribution in [0.25, 0.3) is 0 Å². The molecule has 1 amide bonds. The van der Waals surface area contributed by atoms with Crippen LogP contribution in [0.5, 0.6) is 5.88 Å². The molecule has 1 aliphatic heterocycles. The van der Waals surface area contributed by atoms with Crippen molar-refractivity contribution in [2.45, 2.75) is 19.4 Å². The minimum Gasteiger partial charge on any atom is -0.494 e. The van der Waals surface area contributed by atoms with Crippen LogP contribution in [0, 0.1) is 0 Å². The van der Waals surface area contributed by atoms with Crippen molar-refractivity contribution in [1.82, 2.24) is 14.1 Å². The smallest absolute Gasteiger partial charge is 0.333 e. The third-order valence-corrected chi connectivity index (χ3v) is 4.66. The van der Waals surface area contributed by atoms with Gasteiger partial charge in [0.15, 0.2) is 0 Å². The monoisotopic (exact) mass is 376 g/mol. The lowest BCUT2D eigenvalue weighted by Gasteiger charge is -2.20. The number of amides is 1. The fourth-order valence-corrected chi connectivity index (χ4v) is 3.11. The third kappa shape index (κ3) is 2.82. The largest absolute Gasteiger partial charge is 0.494 e. The van der Waals surface area contributed by atoms with Crippen LogP contribution >= 0.6 is 11.6 Å². The van der Waals surface area contributed by atoms with Crippen LogP contribution in [0.4, 0.5) is 0 Å². The van der Waals surface area contributed by atoms with Gasteiger partial charge in [0.2, 0.25) is 11.8 Å². The fourth-order valence-electron chi connectivity index (χ4n) is 2.98. The summed E-state index contributed by atoms with van der Waals surface area (Å²) in [5.41, 5.74) is -0.354. The molecule has 2 heterocycles. The summed E-state index contributed by atoms with van der Waals surface area (Å²) in [6.45, 7) is 1.37. The lowest BCUT2D eigenvalue weighted by molar-refractivity contribution is -0.130. The molecule has 1 N–H and O–H groups in total. The van der Waals surface area contributed by atoms with E-state index in [1.54, 1.807) is 24.3 Å². The first-order valence-corrected chi connectivity index (χ1v) is 8.22. The Balaban J connectivity index is 2.12. The van der Waals surface area contributed by atoms with E-state index in [9.17, 15) is 19.5 Å². The van der Waals surface area contributed by atoms with E-state index < -0.39 is 23.2 Å². The number of hydrogen-bond acceptors (Lipinski definition) is 5. The first-order valence-electron chi connectivity index (χ1n) is 7.84. The summed E-state index contributed by atoms with van der Waals surface area (Å²) in [4.78, 5) is 36.4. The Bertz CT molecular complexity index is 1040. The number of aromatic nitrogens is 2. The van der Waals surface area contributed by atoms with Crippen LogP contribution in [-0.2, 0) is 18.9 Å². The second-order valence-electron chi connectivity index (χ2n) is 6.09. The van der Waals surface area contributed by atoms with Crippen molar-refractivity contribution >= 4 is 23.2 Å². The number of benzene rings is 1. The normalized spacial score (nSPS) is 16.7. The molecule has 26 heavy (non-hydrogen) atoms. The van der Waals surface area contributed by atoms with Crippen molar-refractivity contribution in [1.29, 1.82) is 0 Å². The molecule has 8 nitrogen and oxygen atoms in total. The summed E-state index contributed by atoms with van der Waals surface area (Å²) in [5, 5.41) is 16.4. The second kappa shape index (κ2) is 6.45. The standard InChI is InChI=1S/C17H17ClN4O4/c1-9(23)22-13(10-4-6-11(18)7-5-10)8-12(19-22)14-15(24)20(2)17(26)21(3)16(14)25/h4-7,13,24H,8H2,1-3H3/t13-/m1/s1. The lowest BCUT2D eigenvalue weighted by atomic mass is 9.99. The number of hydrogen-bond donors (Lipinski definition) is 1. The van der Waals surface area contributed by atoms with Gasteiger partial charge in [0.25, 0.3) is 5.56 Å². The number of halogens is 1. The number of hydrazone groups is 1. The zero-order valence-corrected chi connectivity index (χ0v) is 15.2. The van der Waals surface area contributed by atoms with Crippen LogP contribution in [0.1, 0.15) is 30.5 Å². The number of aromatic hydroxyl groups is 1. The zero-order chi connectivity index (χ0) is 19.2. The molecule has 0 fully saturated rings. The second-order valence-corrected chi connectivity index (χ2v) is 6.52. The quantitative estimate of drug-likeness (QED) is 0.849. The molecule has 9 heteroatoms. The van der Waals surface area contributed by atoms with Gasteiger partial charge < -0.3 is 5.11 Å². The van der Waals surface area contributed by atoms with E-state index >= 15 is 0 Å². The molecule has 1 atom stereocenters. The molecule has 1 aromatic heterocycles. The van der Waals surface area contributed by atoms with Gasteiger partial charge in [-0.15, -0.1) is 0 Å². The van der Waals surface area contributed by atoms with Crippen molar-refractivity contribution in [2.75, 3.05) is 0 Å². The van der Waals surface area contributed by atoms with Crippen LogP contribution in [-0.4, -0.2) is 30.9 Å². The number of rotatable bonds is 2.